The highest BCUT2D eigenvalue weighted by Gasteiger charge is 2.28. The predicted octanol–water partition coefficient (Wildman–Crippen LogP) is 4.19. The molecule has 1 aromatic carbocycles. The quantitative estimate of drug-likeness (QED) is 0.629. The van der Waals surface area contributed by atoms with E-state index >= 15 is 4.39 Å². The smallest absolute Gasteiger partial charge is 0.410 e. The molecule has 0 saturated carbocycles. The van der Waals surface area contributed by atoms with Crippen LogP contribution in [0.15, 0.2) is 24.4 Å². The van der Waals surface area contributed by atoms with Crippen LogP contribution in [0.3, 0.4) is 0 Å². The summed E-state index contributed by atoms with van der Waals surface area (Å²) in [6.07, 6.45) is 2.82. The number of urea groups is 1. The third kappa shape index (κ3) is 5.78. The van der Waals surface area contributed by atoms with E-state index < -0.39 is 23.4 Å². The predicted molar refractivity (Wildman–Crippen MR) is 126 cm³/mol. The molecule has 3 rings (SSSR count). The van der Waals surface area contributed by atoms with E-state index in [2.05, 4.69) is 0 Å². The molecule has 2 aromatic rings. The summed E-state index contributed by atoms with van der Waals surface area (Å²) in [5.74, 6) is -1.07. The molecule has 1 fully saturated rings. The van der Waals surface area contributed by atoms with Crippen LogP contribution in [0.2, 0.25) is 0 Å². The summed E-state index contributed by atoms with van der Waals surface area (Å²) in [7, 11) is 0. The van der Waals surface area contributed by atoms with Crippen LogP contribution in [0.5, 0.6) is 0 Å². The third-order valence-corrected chi connectivity index (χ3v) is 5.73. The number of esters is 1. The highest BCUT2D eigenvalue weighted by Crippen LogP contribution is 2.33. The zero-order valence-electron chi connectivity index (χ0n) is 20.2. The Morgan fingerprint density at radius 1 is 1.18 bits per heavy atom. The minimum absolute atomic E-state index is 0.0155. The van der Waals surface area contributed by atoms with E-state index in [1.165, 1.54) is 6.07 Å². The number of piperidine rings is 1. The number of amides is 3. The van der Waals surface area contributed by atoms with Crippen LogP contribution in [0.25, 0.3) is 10.9 Å². The fourth-order valence-electron chi connectivity index (χ4n) is 4.16. The lowest BCUT2D eigenvalue weighted by molar-refractivity contribution is -0.142. The number of benzene rings is 1. The maximum Gasteiger partial charge on any atom is 0.410 e. The van der Waals surface area contributed by atoms with Gasteiger partial charge in [0.25, 0.3) is 0 Å². The van der Waals surface area contributed by atoms with Gasteiger partial charge in [-0.15, -0.1) is 0 Å². The first-order valence-corrected chi connectivity index (χ1v) is 11.5. The van der Waals surface area contributed by atoms with Crippen LogP contribution in [-0.2, 0) is 14.3 Å². The van der Waals surface area contributed by atoms with Crippen molar-refractivity contribution in [1.82, 2.24) is 9.47 Å². The third-order valence-electron chi connectivity index (χ3n) is 5.73. The molecule has 0 spiro atoms. The summed E-state index contributed by atoms with van der Waals surface area (Å²) < 4.78 is 27.7. The van der Waals surface area contributed by atoms with Gasteiger partial charge < -0.3 is 24.7 Å². The fraction of sp³-hybridized carbons (Fsp3) is 0.542. The number of nitrogens with two attached hydrogens (primary N) is 1. The van der Waals surface area contributed by atoms with Crippen LogP contribution in [-0.4, -0.2) is 59.4 Å². The van der Waals surface area contributed by atoms with E-state index in [4.69, 9.17) is 15.2 Å². The monoisotopic (exact) mass is 476 g/mol. The van der Waals surface area contributed by atoms with Gasteiger partial charge in [0.2, 0.25) is 0 Å². The minimum Gasteiger partial charge on any atom is -0.466 e. The summed E-state index contributed by atoms with van der Waals surface area (Å²) in [6.45, 7) is 8.42. The van der Waals surface area contributed by atoms with Gasteiger partial charge in [-0.1, -0.05) is 0 Å². The zero-order valence-corrected chi connectivity index (χ0v) is 20.2. The summed E-state index contributed by atoms with van der Waals surface area (Å²) >= 11 is 0. The molecule has 1 aliphatic rings. The Morgan fingerprint density at radius 2 is 1.85 bits per heavy atom. The molecule has 9 nitrogen and oxygen atoms in total. The lowest BCUT2D eigenvalue weighted by Crippen LogP contribution is -2.42. The van der Waals surface area contributed by atoms with Crippen molar-refractivity contribution in [1.29, 1.82) is 0 Å². The van der Waals surface area contributed by atoms with Crippen molar-refractivity contribution < 1.29 is 28.2 Å². The van der Waals surface area contributed by atoms with Gasteiger partial charge in [0.05, 0.1) is 24.2 Å². The number of hydrogen-bond acceptors (Lipinski definition) is 5. The lowest BCUT2D eigenvalue weighted by atomic mass is 10.0. The molecule has 0 radical (unpaired) electrons. The standard InChI is InChI=1S/C24H33FN4O5/c1-5-33-20(30)11-15-29(22(26)31)19-7-6-18-17(21(19)25)10-14-28(18)16-8-12-27(13-9-16)23(32)34-24(2,3)4/h6-7,10,14,16H,5,8-9,11-13,15H2,1-4H3,(H2,26,31). The van der Waals surface area contributed by atoms with Crippen LogP contribution in [0, 0.1) is 5.82 Å². The van der Waals surface area contributed by atoms with Gasteiger partial charge in [0.1, 0.15) is 5.60 Å². The molecule has 1 aromatic heterocycles. The van der Waals surface area contributed by atoms with Crippen molar-refractivity contribution >= 4 is 34.7 Å². The second kappa shape index (κ2) is 10.3. The van der Waals surface area contributed by atoms with E-state index in [1.54, 1.807) is 24.0 Å². The lowest BCUT2D eigenvalue weighted by Gasteiger charge is -2.34. The molecular formula is C24H33FN4O5. The van der Waals surface area contributed by atoms with Crippen LogP contribution in [0.4, 0.5) is 19.7 Å². The average Bonchev–Trinajstić information content (AvgIpc) is 3.19. The Bertz CT molecular complexity index is 1050. The van der Waals surface area contributed by atoms with Crippen molar-refractivity contribution in [3.8, 4) is 0 Å². The Labute approximate surface area is 198 Å². The van der Waals surface area contributed by atoms with Gasteiger partial charge in [-0.2, -0.15) is 0 Å². The number of primary amides is 1. The molecule has 0 aliphatic carbocycles. The topological polar surface area (TPSA) is 107 Å². The number of hydrogen-bond donors (Lipinski definition) is 1. The molecule has 0 bridgehead atoms. The molecule has 2 heterocycles. The molecule has 0 atom stereocenters. The second-order valence-corrected chi connectivity index (χ2v) is 9.30. The molecule has 186 valence electrons. The van der Waals surface area contributed by atoms with Gasteiger partial charge in [-0.3, -0.25) is 9.69 Å². The van der Waals surface area contributed by atoms with Crippen LogP contribution in [0.1, 0.15) is 53.0 Å². The molecule has 0 unspecified atom stereocenters. The highest BCUT2D eigenvalue weighted by atomic mass is 19.1. The first-order valence-electron chi connectivity index (χ1n) is 11.5. The molecule has 1 aliphatic heterocycles. The molecule has 34 heavy (non-hydrogen) atoms. The van der Waals surface area contributed by atoms with E-state index in [9.17, 15) is 14.4 Å². The zero-order chi connectivity index (χ0) is 25.0. The SMILES string of the molecule is CCOC(=O)CCN(C(N)=O)c1ccc2c(ccn2C2CCN(C(=O)OC(C)(C)C)CC2)c1F. The van der Waals surface area contributed by atoms with Crippen LogP contribution >= 0.6 is 0 Å². The fourth-order valence-corrected chi connectivity index (χ4v) is 4.16. The first kappa shape index (κ1) is 25.3. The first-order chi connectivity index (χ1) is 16.0. The van der Waals surface area contributed by atoms with Gasteiger partial charge in [0.15, 0.2) is 5.82 Å². The summed E-state index contributed by atoms with van der Waals surface area (Å²) in [5.41, 5.74) is 5.62. The largest absolute Gasteiger partial charge is 0.466 e. The van der Waals surface area contributed by atoms with Crippen LogP contribution < -0.4 is 10.6 Å². The summed E-state index contributed by atoms with van der Waals surface area (Å²) in [5, 5.41) is 0.356. The van der Waals surface area contributed by atoms with E-state index in [-0.39, 0.29) is 37.4 Å². The molecule has 2 N–H and O–H groups in total. The normalized spacial score (nSPS) is 14.8. The number of aromatic nitrogens is 1. The van der Waals surface area contributed by atoms with Gasteiger partial charge in [0, 0.05) is 37.3 Å². The Kier molecular flexibility index (Phi) is 7.68. The summed E-state index contributed by atoms with van der Waals surface area (Å²) in [6, 6.07) is 4.15. The number of ether oxygens (including phenoxy) is 2. The van der Waals surface area contributed by atoms with Gasteiger partial charge >= 0.3 is 18.1 Å². The van der Waals surface area contributed by atoms with E-state index in [1.807, 2.05) is 31.5 Å². The van der Waals surface area contributed by atoms with Crippen molar-refractivity contribution in [2.24, 2.45) is 5.73 Å². The molecular weight excluding hydrogens is 443 g/mol. The minimum atomic E-state index is -0.850. The maximum absolute atomic E-state index is 15.4. The Hall–Kier alpha value is -3.30. The number of carbonyl (C=O) groups excluding carboxylic acids is 3. The van der Waals surface area contributed by atoms with Crippen molar-refractivity contribution in [2.45, 2.75) is 58.6 Å². The number of rotatable bonds is 6. The average molecular weight is 477 g/mol. The number of fused-ring (bicyclic) bond motifs is 1. The number of anilines is 1. The molecule has 10 heteroatoms. The number of likely N-dealkylation sites (tertiary alicyclic amines) is 1. The molecule has 3 amide bonds. The van der Waals surface area contributed by atoms with E-state index in [0.717, 1.165) is 4.90 Å². The number of halogens is 1. The highest BCUT2D eigenvalue weighted by molar-refractivity contribution is 5.95. The van der Waals surface area contributed by atoms with E-state index in [0.29, 0.717) is 36.8 Å². The second-order valence-electron chi connectivity index (χ2n) is 9.30. The number of carbonyl (C=O) groups is 3. The van der Waals surface area contributed by atoms with Gasteiger partial charge in [-0.05, 0) is 58.7 Å². The molecule has 1 saturated heterocycles. The van der Waals surface area contributed by atoms with Gasteiger partial charge in [-0.25, -0.2) is 14.0 Å². The van der Waals surface area contributed by atoms with Crippen molar-refractivity contribution in [2.75, 3.05) is 31.1 Å². The summed E-state index contributed by atoms with van der Waals surface area (Å²) in [4.78, 5) is 38.7. The Morgan fingerprint density at radius 3 is 2.44 bits per heavy atom. The number of nitrogens with zero attached hydrogens (tertiary/aromatic N) is 3. The van der Waals surface area contributed by atoms with Crippen molar-refractivity contribution in [3.05, 3.63) is 30.2 Å². The van der Waals surface area contributed by atoms with Crippen molar-refractivity contribution in [3.63, 3.8) is 0 Å². The Balaban J connectivity index is 1.75. The maximum atomic E-state index is 15.4.